The Bertz CT molecular complexity index is 882. The summed E-state index contributed by atoms with van der Waals surface area (Å²) >= 11 is 29.8. The van der Waals surface area contributed by atoms with E-state index in [1.54, 1.807) is 0 Å². The topological polar surface area (TPSA) is 79.3 Å². The van der Waals surface area contributed by atoms with Crippen molar-refractivity contribution in [3.63, 3.8) is 0 Å². The molecule has 5 nitrogen and oxygen atoms in total. The number of nitrogens with one attached hydrogen (secondary N) is 1. The van der Waals surface area contributed by atoms with Crippen LogP contribution in [0.4, 0.5) is 5.13 Å². The first-order valence-corrected chi connectivity index (χ1v) is 11.4. The van der Waals surface area contributed by atoms with Gasteiger partial charge in [0.15, 0.2) is 5.13 Å². The molecule has 0 unspecified atom stereocenters. The van der Waals surface area contributed by atoms with Crippen molar-refractivity contribution < 1.29 is 14.5 Å². The van der Waals surface area contributed by atoms with Crippen LogP contribution in [0.25, 0.3) is 11.6 Å². The van der Waals surface area contributed by atoms with Crippen LogP contribution in [0.15, 0.2) is 17.5 Å². The third-order valence-corrected chi connectivity index (χ3v) is 5.64. The van der Waals surface area contributed by atoms with Gasteiger partial charge in [-0.25, -0.2) is 9.78 Å². The summed E-state index contributed by atoms with van der Waals surface area (Å²) in [6.07, 6.45) is 1.25. The predicted octanol–water partition coefficient (Wildman–Crippen LogP) is 7.15. The van der Waals surface area contributed by atoms with E-state index in [0.717, 1.165) is 11.3 Å². The molecule has 0 amide bonds. The van der Waals surface area contributed by atoms with Crippen molar-refractivity contribution in [1.82, 2.24) is 4.98 Å². The average Bonchev–Trinajstić information content (AvgIpc) is 2.88. The lowest BCUT2D eigenvalue weighted by Crippen LogP contribution is -2.00. The fourth-order valence-electron chi connectivity index (χ4n) is 1.62. The Labute approximate surface area is 177 Å². The summed E-state index contributed by atoms with van der Waals surface area (Å²) in [7, 11) is 0. The molecule has 1 heterocycles. The van der Waals surface area contributed by atoms with Crippen molar-refractivity contribution >= 4 is 110 Å². The van der Waals surface area contributed by atoms with Gasteiger partial charge in [-0.05, 0) is 40.7 Å². The quantitative estimate of drug-likeness (QED) is 0.258. The molecule has 0 aliphatic rings. The third kappa shape index (κ3) is 6.19. The molecule has 2 N–H and O–H groups in total. The van der Waals surface area contributed by atoms with Crippen LogP contribution < -0.4 is 5.09 Å². The van der Waals surface area contributed by atoms with E-state index in [2.05, 4.69) is 10.1 Å². The van der Waals surface area contributed by atoms with E-state index in [1.807, 2.05) is 0 Å². The molecule has 0 aliphatic carbocycles. The van der Waals surface area contributed by atoms with Crippen molar-refractivity contribution in [2.75, 3.05) is 5.09 Å². The van der Waals surface area contributed by atoms with Crippen LogP contribution in [-0.2, 0) is 9.36 Å². The Hall–Kier alpha value is -0.170. The zero-order valence-electron chi connectivity index (χ0n) is 11.7. The van der Waals surface area contributed by atoms with Gasteiger partial charge in [0.05, 0.1) is 21.3 Å². The molecule has 136 valence electrons. The van der Waals surface area contributed by atoms with Crippen LogP contribution in [-0.4, -0.2) is 16.1 Å². The lowest BCUT2D eigenvalue weighted by Gasteiger charge is -2.06. The SMILES string of the molecule is Cl.O=C(O)C(=Cc1c(Cl)ccc(Cl)c1Cl)c1csc(NP(=O)(Cl)Cl)n1. The molecule has 0 aliphatic heterocycles. The van der Waals surface area contributed by atoms with Gasteiger partial charge in [0.1, 0.15) is 0 Å². The lowest BCUT2D eigenvalue weighted by atomic mass is 10.1. The second-order valence-electron chi connectivity index (χ2n) is 4.23. The fourth-order valence-corrected chi connectivity index (χ4v) is 4.47. The molecule has 2 rings (SSSR count). The van der Waals surface area contributed by atoms with Crippen LogP contribution in [0.3, 0.4) is 0 Å². The van der Waals surface area contributed by atoms with E-state index in [4.69, 9.17) is 57.3 Å². The molecule has 2 aromatic rings. The Morgan fingerprint density at radius 3 is 2.40 bits per heavy atom. The number of hydrogen-bond donors (Lipinski definition) is 2. The van der Waals surface area contributed by atoms with Gasteiger partial charge in [-0.1, -0.05) is 34.8 Å². The molecule has 0 atom stereocenters. The minimum Gasteiger partial charge on any atom is -0.478 e. The molecular formula is C12H7Cl6N2O3PS. The normalized spacial score (nSPS) is 11.8. The highest BCUT2D eigenvalue weighted by atomic mass is 35.9. The number of thiazole rings is 1. The van der Waals surface area contributed by atoms with Gasteiger partial charge in [-0.15, -0.1) is 23.7 Å². The molecule has 0 spiro atoms. The number of hydrogen-bond acceptors (Lipinski definition) is 4. The van der Waals surface area contributed by atoms with E-state index < -0.39 is 12.0 Å². The van der Waals surface area contributed by atoms with E-state index in [0.29, 0.717) is 0 Å². The van der Waals surface area contributed by atoms with Crippen LogP contribution in [0.5, 0.6) is 0 Å². The Morgan fingerprint density at radius 1 is 1.24 bits per heavy atom. The maximum atomic E-state index is 11.6. The standard InChI is InChI=1S/C12H6Cl5N2O3PS.ClH/c13-7-1-2-8(14)10(15)5(7)3-6(11(20)21)9-4-24-12(18-9)19-23(16,17)22;/h1-4H,(H,20,21)(H,18,19,22);1H. The maximum Gasteiger partial charge on any atom is 0.345 e. The summed E-state index contributed by atoms with van der Waals surface area (Å²) in [5, 5.41) is 13.8. The van der Waals surface area contributed by atoms with Gasteiger partial charge in [-0.3, -0.25) is 9.65 Å². The Morgan fingerprint density at radius 2 is 1.84 bits per heavy atom. The number of aromatic nitrogens is 1. The van der Waals surface area contributed by atoms with Gasteiger partial charge in [0.2, 0.25) is 0 Å². The van der Waals surface area contributed by atoms with Crippen molar-refractivity contribution in [2.24, 2.45) is 0 Å². The first kappa shape index (κ1) is 22.9. The Balaban J connectivity index is 0.00000312. The molecule has 1 aromatic carbocycles. The number of anilines is 1. The first-order chi connectivity index (χ1) is 11.1. The van der Waals surface area contributed by atoms with Gasteiger partial charge in [-0.2, -0.15) is 0 Å². The van der Waals surface area contributed by atoms with Crippen LogP contribution in [0.2, 0.25) is 15.1 Å². The van der Waals surface area contributed by atoms with Gasteiger partial charge in [0, 0.05) is 16.0 Å². The summed E-state index contributed by atoms with van der Waals surface area (Å²) < 4.78 is 11.3. The Kier molecular flexibility index (Phi) is 8.38. The number of halogens is 6. The monoisotopic (exact) mass is 500 g/mol. The van der Waals surface area contributed by atoms with Gasteiger partial charge < -0.3 is 5.11 Å². The smallest absolute Gasteiger partial charge is 0.345 e. The molecule has 0 fully saturated rings. The number of carbonyl (C=O) groups is 1. The highest BCUT2D eigenvalue weighted by Gasteiger charge is 2.20. The summed E-state index contributed by atoms with van der Waals surface area (Å²) in [5.41, 5.74) is 0.138. The number of nitrogens with zero attached hydrogens (tertiary/aromatic N) is 1. The average molecular weight is 503 g/mol. The van der Waals surface area contributed by atoms with Gasteiger partial charge in [0.25, 0.3) is 0 Å². The zero-order valence-corrected chi connectivity index (χ0v) is 18.0. The van der Waals surface area contributed by atoms with E-state index in [-0.39, 0.29) is 49.4 Å². The predicted molar refractivity (Wildman–Crippen MR) is 109 cm³/mol. The molecule has 0 bridgehead atoms. The molecule has 0 saturated heterocycles. The summed E-state index contributed by atoms with van der Waals surface area (Å²) in [4.78, 5) is 15.5. The summed E-state index contributed by atoms with van der Waals surface area (Å²) in [5.74, 6) is -4.87. The van der Waals surface area contributed by atoms with Crippen LogP contribution >= 0.6 is 87.0 Å². The lowest BCUT2D eigenvalue weighted by molar-refractivity contribution is -0.130. The fraction of sp³-hybridized carbons (Fsp3) is 0. The second-order valence-corrected chi connectivity index (χ2v) is 10.8. The third-order valence-electron chi connectivity index (χ3n) is 2.60. The van der Waals surface area contributed by atoms with Gasteiger partial charge >= 0.3 is 12.0 Å². The van der Waals surface area contributed by atoms with E-state index in [1.165, 1.54) is 23.6 Å². The number of carboxylic acid groups (broad SMARTS) is 1. The highest BCUT2D eigenvalue weighted by Crippen LogP contribution is 2.56. The first-order valence-electron chi connectivity index (χ1n) is 5.90. The largest absolute Gasteiger partial charge is 0.478 e. The minimum absolute atomic E-state index is 0. The maximum absolute atomic E-state index is 11.6. The molecular weight excluding hydrogens is 496 g/mol. The van der Waals surface area contributed by atoms with Crippen LogP contribution in [0.1, 0.15) is 11.3 Å². The number of aliphatic carboxylic acids is 1. The second kappa shape index (κ2) is 9.16. The summed E-state index contributed by atoms with van der Waals surface area (Å²) in [6, 6.07) is 2.99. The van der Waals surface area contributed by atoms with E-state index in [9.17, 15) is 14.5 Å². The molecule has 0 radical (unpaired) electrons. The van der Waals surface area contributed by atoms with Crippen molar-refractivity contribution in [1.29, 1.82) is 0 Å². The molecule has 25 heavy (non-hydrogen) atoms. The number of benzene rings is 1. The molecule has 13 heteroatoms. The molecule has 1 aromatic heterocycles. The summed E-state index contributed by atoms with van der Waals surface area (Å²) in [6.45, 7) is 0. The minimum atomic E-state index is -3.60. The zero-order chi connectivity index (χ0) is 18.1. The van der Waals surface area contributed by atoms with Crippen LogP contribution in [0, 0.1) is 0 Å². The van der Waals surface area contributed by atoms with Crippen molar-refractivity contribution in [3.05, 3.63) is 43.8 Å². The highest BCUT2D eigenvalue weighted by molar-refractivity contribution is 8.09. The van der Waals surface area contributed by atoms with E-state index >= 15 is 0 Å². The molecule has 0 saturated carbocycles. The number of rotatable bonds is 5. The van der Waals surface area contributed by atoms with Crippen molar-refractivity contribution in [2.45, 2.75) is 0 Å². The number of carboxylic acids is 1. The van der Waals surface area contributed by atoms with Crippen molar-refractivity contribution in [3.8, 4) is 0 Å².